The van der Waals surface area contributed by atoms with E-state index in [2.05, 4.69) is 24.8 Å². The van der Waals surface area contributed by atoms with Crippen LogP contribution in [0.15, 0.2) is 30.3 Å². The van der Waals surface area contributed by atoms with Crippen molar-refractivity contribution in [3.8, 4) is 0 Å². The van der Waals surface area contributed by atoms with Crippen molar-refractivity contribution in [1.29, 1.82) is 0 Å². The molecular weight excluding hydrogens is 194 g/mol. The first-order chi connectivity index (χ1) is 6.70. The molecule has 0 spiro atoms. The Morgan fingerprint density at radius 1 is 1.36 bits per heavy atom. The van der Waals surface area contributed by atoms with Gasteiger partial charge in [-0.1, -0.05) is 30.3 Å². The summed E-state index contributed by atoms with van der Waals surface area (Å²) in [6.07, 6.45) is 2.60. The Morgan fingerprint density at radius 3 is 2.57 bits per heavy atom. The van der Waals surface area contributed by atoms with Gasteiger partial charge >= 0.3 is 0 Å². The average Bonchev–Trinajstić information content (AvgIpc) is 2.19. The molecule has 3 heteroatoms. The molecule has 0 aromatic heterocycles. The third kappa shape index (κ3) is 3.94. The smallest absolute Gasteiger partial charge is 0.202 e. The molecule has 0 aliphatic carbocycles. The molecule has 1 atom stereocenters. The largest absolute Gasteiger partial charge is 0.321 e. The number of hydrogen-bond acceptors (Lipinski definition) is 2. The van der Waals surface area contributed by atoms with E-state index in [1.165, 1.54) is 5.56 Å². The standard InChI is InChI=1S/C11H15NOS/c12-10(11(13)14)8-4-7-9-5-2-1-3-6-9/h1-3,5-6,10H,4,7-8,12H2,(H,13,14). The van der Waals surface area contributed by atoms with Gasteiger partial charge in [0.2, 0.25) is 5.12 Å². The van der Waals surface area contributed by atoms with Crippen LogP contribution in [-0.2, 0) is 11.2 Å². The maximum Gasteiger partial charge on any atom is 0.202 e. The van der Waals surface area contributed by atoms with Crippen LogP contribution in [0.2, 0.25) is 0 Å². The van der Waals surface area contributed by atoms with Crippen molar-refractivity contribution in [2.45, 2.75) is 25.3 Å². The van der Waals surface area contributed by atoms with Gasteiger partial charge in [0, 0.05) is 0 Å². The molecule has 2 N–H and O–H groups in total. The Labute approximate surface area is 89.9 Å². The molecule has 1 unspecified atom stereocenters. The van der Waals surface area contributed by atoms with E-state index in [1.54, 1.807) is 0 Å². The third-order valence-electron chi connectivity index (χ3n) is 2.14. The minimum Gasteiger partial charge on any atom is -0.321 e. The number of aryl methyl sites for hydroxylation is 1. The van der Waals surface area contributed by atoms with Crippen LogP contribution in [-0.4, -0.2) is 11.2 Å². The molecule has 0 heterocycles. The first kappa shape index (κ1) is 11.3. The zero-order valence-electron chi connectivity index (χ0n) is 8.02. The normalized spacial score (nSPS) is 12.4. The van der Waals surface area contributed by atoms with Gasteiger partial charge < -0.3 is 5.73 Å². The van der Waals surface area contributed by atoms with E-state index in [0.717, 1.165) is 12.8 Å². The van der Waals surface area contributed by atoms with Crippen LogP contribution in [0.5, 0.6) is 0 Å². The van der Waals surface area contributed by atoms with Crippen molar-refractivity contribution in [1.82, 2.24) is 0 Å². The van der Waals surface area contributed by atoms with E-state index < -0.39 is 6.04 Å². The Morgan fingerprint density at radius 2 is 2.00 bits per heavy atom. The Hall–Kier alpha value is -0.800. The summed E-state index contributed by atoms with van der Waals surface area (Å²) < 4.78 is 0. The molecule has 14 heavy (non-hydrogen) atoms. The fraction of sp³-hybridized carbons (Fsp3) is 0.364. The topological polar surface area (TPSA) is 43.1 Å². The van der Waals surface area contributed by atoms with Gasteiger partial charge in [-0.15, -0.1) is 12.6 Å². The quantitative estimate of drug-likeness (QED) is 0.726. The van der Waals surface area contributed by atoms with E-state index in [9.17, 15) is 4.79 Å². The Bertz CT molecular complexity index is 287. The molecule has 0 aliphatic rings. The third-order valence-corrected chi connectivity index (χ3v) is 2.47. The lowest BCUT2D eigenvalue weighted by Crippen LogP contribution is -2.26. The van der Waals surface area contributed by atoms with Crippen LogP contribution in [0.3, 0.4) is 0 Å². The summed E-state index contributed by atoms with van der Waals surface area (Å²) >= 11 is 3.69. The molecule has 0 fully saturated rings. The lowest BCUT2D eigenvalue weighted by atomic mass is 10.1. The molecule has 0 aliphatic heterocycles. The highest BCUT2D eigenvalue weighted by Gasteiger charge is 2.07. The monoisotopic (exact) mass is 209 g/mol. The van der Waals surface area contributed by atoms with Crippen LogP contribution < -0.4 is 5.73 Å². The van der Waals surface area contributed by atoms with Crippen molar-refractivity contribution in [3.05, 3.63) is 35.9 Å². The molecule has 1 aromatic carbocycles. The first-order valence-corrected chi connectivity index (χ1v) is 5.17. The molecule has 0 saturated heterocycles. The first-order valence-electron chi connectivity index (χ1n) is 4.72. The molecule has 1 rings (SSSR count). The molecule has 1 aromatic rings. The molecule has 76 valence electrons. The highest BCUT2D eigenvalue weighted by Crippen LogP contribution is 2.06. The average molecular weight is 209 g/mol. The second kappa shape index (κ2) is 5.83. The van der Waals surface area contributed by atoms with Crippen LogP contribution >= 0.6 is 12.6 Å². The van der Waals surface area contributed by atoms with Gasteiger partial charge in [-0.2, -0.15) is 0 Å². The van der Waals surface area contributed by atoms with E-state index in [4.69, 9.17) is 5.73 Å². The van der Waals surface area contributed by atoms with Gasteiger partial charge in [0.1, 0.15) is 0 Å². The number of hydrogen-bond donors (Lipinski definition) is 2. The molecule has 0 amide bonds. The highest BCUT2D eigenvalue weighted by molar-refractivity contribution is 7.96. The van der Waals surface area contributed by atoms with Crippen molar-refractivity contribution in [2.24, 2.45) is 5.73 Å². The summed E-state index contributed by atoms with van der Waals surface area (Å²) in [4.78, 5) is 10.7. The fourth-order valence-electron chi connectivity index (χ4n) is 1.29. The number of carbonyl (C=O) groups is 1. The summed E-state index contributed by atoms with van der Waals surface area (Å²) in [6, 6.07) is 9.76. The van der Waals surface area contributed by atoms with Crippen molar-refractivity contribution < 1.29 is 4.79 Å². The summed E-state index contributed by atoms with van der Waals surface area (Å²) in [5.74, 6) is 0. The lowest BCUT2D eigenvalue weighted by molar-refractivity contribution is -0.112. The summed E-state index contributed by atoms with van der Waals surface area (Å²) in [6.45, 7) is 0. The second-order valence-electron chi connectivity index (χ2n) is 3.32. The fourth-order valence-corrected chi connectivity index (χ4v) is 1.42. The minimum atomic E-state index is -0.415. The Kier molecular flexibility index (Phi) is 4.70. The second-order valence-corrected chi connectivity index (χ2v) is 3.76. The number of rotatable bonds is 5. The molecule has 0 saturated carbocycles. The number of thiol groups is 1. The molecular formula is C11H15NOS. The summed E-state index contributed by atoms with van der Waals surface area (Å²) in [5, 5.41) is -0.224. The van der Waals surface area contributed by atoms with E-state index in [0.29, 0.717) is 6.42 Å². The van der Waals surface area contributed by atoms with Crippen LogP contribution in [0.25, 0.3) is 0 Å². The van der Waals surface area contributed by atoms with Crippen LogP contribution in [0.4, 0.5) is 0 Å². The molecule has 0 bridgehead atoms. The minimum absolute atomic E-state index is 0.224. The number of benzene rings is 1. The van der Waals surface area contributed by atoms with Gasteiger partial charge in [-0.3, -0.25) is 4.79 Å². The lowest BCUT2D eigenvalue weighted by Gasteiger charge is -2.06. The predicted molar refractivity (Wildman–Crippen MR) is 61.3 cm³/mol. The predicted octanol–water partition coefficient (Wildman–Crippen LogP) is 1.79. The van der Waals surface area contributed by atoms with Crippen molar-refractivity contribution in [2.75, 3.05) is 0 Å². The molecule has 2 nitrogen and oxygen atoms in total. The van der Waals surface area contributed by atoms with Gasteiger partial charge in [0.05, 0.1) is 6.04 Å². The van der Waals surface area contributed by atoms with E-state index in [-0.39, 0.29) is 5.12 Å². The molecule has 0 radical (unpaired) electrons. The van der Waals surface area contributed by atoms with Gasteiger partial charge in [-0.05, 0) is 24.8 Å². The van der Waals surface area contributed by atoms with Crippen molar-refractivity contribution in [3.63, 3.8) is 0 Å². The number of nitrogens with two attached hydrogens (primary N) is 1. The zero-order chi connectivity index (χ0) is 10.4. The van der Waals surface area contributed by atoms with Gasteiger partial charge in [-0.25, -0.2) is 0 Å². The highest BCUT2D eigenvalue weighted by atomic mass is 32.1. The van der Waals surface area contributed by atoms with Crippen LogP contribution in [0, 0.1) is 0 Å². The SMILES string of the molecule is NC(CCCc1ccccc1)C(=O)S. The van der Waals surface area contributed by atoms with Gasteiger partial charge in [0.15, 0.2) is 0 Å². The van der Waals surface area contributed by atoms with Crippen LogP contribution in [0.1, 0.15) is 18.4 Å². The maximum atomic E-state index is 10.7. The van der Waals surface area contributed by atoms with Gasteiger partial charge in [0.25, 0.3) is 0 Å². The van der Waals surface area contributed by atoms with Crippen molar-refractivity contribution >= 4 is 17.7 Å². The number of carbonyl (C=O) groups excluding carboxylic acids is 1. The van der Waals surface area contributed by atoms with E-state index in [1.807, 2.05) is 18.2 Å². The maximum absolute atomic E-state index is 10.7. The summed E-state index contributed by atoms with van der Waals surface area (Å²) in [5.41, 5.74) is 6.84. The Balaban J connectivity index is 2.26. The zero-order valence-corrected chi connectivity index (χ0v) is 8.91. The summed E-state index contributed by atoms with van der Waals surface area (Å²) in [7, 11) is 0. The van der Waals surface area contributed by atoms with E-state index >= 15 is 0 Å².